The highest BCUT2D eigenvalue weighted by Crippen LogP contribution is 2.29. The van der Waals surface area contributed by atoms with E-state index < -0.39 is 0 Å². The largest absolute Gasteiger partial charge is 0.356 e. The molecule has 2 aliphatic rings. The van der Waals surface area contributed by atoms with Crippen molar-refractivity contribution in [1.29, 1.82) is 0 Å². The number of rotatable bonds is 7. The molecule has 0 saturated carbocycles. The minimum Gasteiger partial charge on any atom is -0.356 e. The number of halogens is 1. The van der Waals surface area contributed by atoms with Crippen LogP contribution < -0.4 is 4.90 Å². The molecule has 2 aromatic carbocycles. The first kappa shape index (κ1) is 26.0. The maximum Gasteiger partial charge on any atom is 0.253 e. The third kappa shape index (κ3) is 7.03. The van der Waals surface area contributed by atoms with Gasteiger partial charge in [0.05, 0.1) is 0 Å². The Kier molecular flexibility index (Phi) is 8.64. The summed E-state index contributed by atoms with van der Waals surface area (Å²) >= 11 is 7.96. The van der Waals surface area contributed by atoms with Crippen molar-refractivity contribution >= 4 is 35.1 Å². The molecular weight excluding hydrogens is 502 g/mol. The summed E-state index contributed by atoms with van der Waals surface area (Å²) in [6.07, 6.45) is 3.43. The van der Waals surface area contributed by atoms with Crippen LogP contribution in [0.15, 0.2) is 65.8 Å². The van der Waals surface area contributed by atoms with Gasteiger partial charge >= 0.3 is 0 Å². The average Bonchev–Trinajstić information content (AvgIpc) is 2.93. The molecule has 1 aromatic heterocycles. The van der Waals surface area contributed by atoms with Gasteiger partial charge in [0.15, 0.2) is 5.16 Å². The van der Waals surface area contributed by atoms with Crippen molar-refractivity contribution in [2.24, 2.45) is 5.92 Å². The van der Waals surface area contributed by atoms with Crippen LogP contribution in [-0.2, 0) is 12.2 Å². The maximum atomic E-state index is 13.0. The summed E-state index contributed by atoms with van der Waals surface area (Å²) < 4.78 is 0. The van der Waals surface area contributed by atoms with E-state index in [9.17, 15) is 4.79 Å². The quantitative estimate of drug-likeness (QED) is 0.233. The molecule has 0 bridgehead atoms. The Labute approximate surface area is 229 Å². The maximum absolute atomic E-state index is 13.0. The fourth-order valence-electron chi connectivity index (χ4n) is 5.06. The van der Waals surface area contributed by atoms with E-state index in [1.54, 1.807) is 11.8 Å². The molecule has 8 heteroatoms. The Morgan fingerprint density at radius 1 is 0.919 bits per heavy atom. The third-order valence-electron chi connectivity index (χ3n) is 7.30. The smallest absolute Gasteiger partial charge is 0.253 e. The molecule has 0 unspecified atom stereocenters. The van der Waals surface area contributed by atoms with Gasteiger partial charge < -0.3 is 14.7 Å². The summed E-state index contributed by atoms with van der Waals surface area (Å²) in [5, 5.41) is 1.14. The number of likely N-dealkylation sites (N-methyl/N-ethyl adjacent to an activating group) is 1. The molecule has 3 aromatic rings. The highest BCUT2D eigenvalue weighted by molar-refractivity contribution is 7.98. The minimum absolute atomic E-state index is 0.108. The van der Waals surface area contributed by atoms with Crippen molar-refractivity contribution in [3.05, 3.63) is 82.5 Å². The Morgan fingerprint density at radius 3 is 2.41 bits per heavy atom. The number of hydrogen-bond donors (Lipinski definition) is 0. The van der Waals surface area contributed by atoms with Crippen LogP contribution in [0.3, 0.4) is 0 Å². The predicted molar refractivity (Wildman–Crippen MR) is 152 cm³/mol. The number of amides is 1. The lowest BCUT2D eigenvalue weighted by atomic mass is 9.90. The predicted octanol–water partition coefficient (Wildman–Crippen LogP) is 5.27. The monoisotopic (exact) mass is 535 g/mol. The summed E-state index contributed by atoms with van der Waals surface area (Å²) in [5.41, 5.74) is 3.24. The number of thioether (sulfide) groups is 1. The van der Waals surface area contributed by atoms with Gasteiger partial charge in [-0.2, -0.15) is 0 Å². The molecule has 0 N–H and O–H groups in total. The van der Waals surface area contributed by atoms with Crippen LogP contribution in [-0.4, -0.2) is 72.0 Å². The Morgan fingerprint density at radius 2 is 1.65 bits per heavy atom. The summed E-state index contributed by atoms with van der Waals surface area (Å²) in [7, 11) is 2.09. The van der Waals surface area contributed by atoms with Gasteiger partial charge in [-0.1, -0.05) is 65.8 Å². The number of benzene rings is 2. The number of carbonyl (C=O) groups excluding carboxylic acids is 1. The van der Waals surface area contributed by atoms with Crippen LogP contribution in [0.25, 0.3) is 0 Å². The van der Waals surface area contributed by atoms with Crippen molar-refractivity contribution < 1.29 is 4.79 Å². The van der Waals surface area contributed by atoms with Gasteiger partial charge in [-0.05, 0) is 55.5 Å². The van der Waals surface area contributed by atoms with E-state index in [4.69, 9.17) is 16.6 Å². The lowest BCUT2D eigenvalue weighted by Gasteiger charge is -2.33. The molecule has 0 radical (unpaired) electrons. The summed E-state index contributed by atoms with van der Waals surface area (Å²) in [5.74, 6) is 2.39. The lowest BCUT2D eigenvalue weighted by molar-refractivity contribution is 0.0664. The summed E-state index contributed by atoms with van der Waals surface area (Å²) in [4.78, 5) is 28.8. The molecule has 0 atom stereocenters. The van der Waals surface area contributed by atoms with Crippen molar-refractivity contribution in [2.45, 2.75) is 30.2 Å². The van der Waals surface area contributed by atoms with Crippen molar-refractivity contribution in [2.75, 3.05) is 51.2 Å². The SMILES string of the molecule is CN1CCN(C(=O)c2cccc(CSc3nc(Cl)cc(N4CCC(Cc5ccccc5)CC4)n3)c2)CC1. The lowest BCUT2D eigenvalue weighted by Crippen LogP contribution is -2.47. The molecule has 3 heterocycles. The van der Waals surface area contributed by atoms with Gasteiger partial charge in [0.25, 0.3) is 5.91 Å². The fourth-order valence-corrected chi connectivity index (χ4v) is 6.08. The van der Waals surface area contributed by atoms with E-state index in [0.29, 0.717) is 22.0 Å². The zero-order valence-corrected chi connectivity index (χ0v) is 22.9. The number of hydrogen-bond acceptors (Lipinski definition) is 6. The highest BCUT2D eigenvalue weighted by Gasteiger charge is 2.22. The Hall–Kier alpha value is -2.61. The number of piperidine rings is 1. The molecule has 5 rings (SSSR count). The van der Waals surface area contributed by atoms with E-state index in [0.717, 1.165) is 75.5 Å². The van der Waals surface area contributed by atoms with Crippen molar-refractivity contribution in [1.82, 2.24) is 19.8 Å². The topological polar surface area (TPSA) is 52.6 Å². The molecular formula is C29H34ClN5OS. The Bertz CT molecular complexity index is 1190. The number of carbonyl (C=O) groups is 1. The van der Waals surface area contributed by atoms with Crippen LogP contribution in [0, 0.1) is 5.92 Å². The van der Waals surface area contributed by atoms with E-state index in [2.05, 4.69) is 58.2 Å². The first-order valence-electron chi connectivity index (χ1n) is 13.1. The number of nitrogens with zero attached hydrogens (tertiary/aromatic N) is 5. The minimum atomic E-state index is 0.108. The molecule has 1 amide bonds. The number of anilines is 1. The van der Waals surface area contributed by atoms with E-state index in [1.807, 2.05) is 29.2 Å². The molecule has 2 aliphatic heterocycles. The van der Waals surface area contributed by atoms with E-state index >= 15 is 0 Å². The molecule has 194 valence electrons. The average molecular weight is 536 g/mol. The van der Waals surface area contributed by atoms with Gasteiger partial charge in [0.1, 0.15) is 11.0 Å². The molecule has 2 fully saturated rings. The Balaban J connectivity index is 1.17. The molecule has 0 aliphatic carbocycles. The fraction of sp³-hybridized carbons (Fsp3) is 0.414. The van der Waals surface area contributed by atoms with Crippen molar-refractivity contribution in [3.8, 4) is 0 Å². The van der Waals surface area contributed by atoms with Gasteiger partial charge in [0.2, 0.25) is 0 Å². The molecule has 2 saturated heterocycles. The van der Waals surface area contributed by atoms with Gasteiger partial charge in [-0.3, -0.25) is 4.79 Å². The summed E-state index contributed by atoms with van der Waals surface area (Å²) in [6, 6.07) is 20.5. The second kappa shape index (κ2) is 12.3. The van der Waals surface area contributed by atoms with E-state index in [-0.39, 0.29) is 5.91 Å². The molecule has 0 spiro atoms. The summed E-state index contributed by atoms with van der Waals surface area (Å²) in [6.45, 7) is 5.34. The first-order valence-corrected chi connectivity index (χ1v) is 14.4. The second-order valence-electron chi connectivity index (χ2n) is 10.0. The van der Waals surface area contributed by atoms with Crippen LogP contribution in [0.5, 0.6) is 0 Å². The number of aromatic nitrogens is 2. The number of piperazine rings is 1. The molecule has 6 nitrogen and oxygen atoms in total. The van der Waals surface area contributed by atoms with Crippen LogP contribution in [0.1, 0.15) is 34.3 Å². The zero-order chi connectivity index (χ0) is 25.6. The first-order chi connectivity index (χ1) is 18.0. The molecule has 37 heavy (non-hydrogen) atoms. The van der Waals surface area contributed by atoms with Gasteiger partial charge in [0, 0.05) is 56.7 Å². The standard InChI is InChI=1S/C29H34ClN5OS/c1-33-14-16-35(17-15-33)28(36)25-9-5-8-24(19-25)21-37-29-31-26(30)20-27(32-29)34-12-10-23(11-13-34)18-22-6-3-2-4-7-22/h2-9,19-20,23H,10-18,21H2,1H3. The van der Waals surface area contributed by atoms with Gasteiger partial charge in [-0.25, -0.2) is 9.97 Å². The van der Waals surface area contributed by atoms with Gasteiger partial charge in [-0.15, -0.1) is 0 Å². The van der Waals surface area contributed by atoms with E-state index in [1.165, 1.54) is 5.56 Å². The second-order valence-corrected chi connectivity index (χ2v) is 11.4. The van der Waals surface area contributed by atoms with Crippen LogP contribution in [0.2, 0.25) is 5.15 Å². The highest BCUT2D eigenvalue weighted by atomic mass is 35.5. The van der Waals surface area contributed by atoms with Crippen LogP contribution in [0.4, 0.5) is 5.82 Å². The van der Waals surface area contributed by atoms with Crippen LogP contribution >= 0.6 is 23.4 Å². The van der Waals surface area contributed by atoms with Crippen molar-refractivity contribution in [3.63, 3.8) is 0 Å². The third-order valence-corrected chi connectivity index (χ3v) is 8.41. The zero-order valence-electron chi connectivity index (χ0n) is 21.4. The normalized spacial score (nSPS) is 17.2.